The van der Waals surface area contributed by atoms with Crippen molar-refractivity contribution in [3.8, 4) is 22.5 Å². The van der Waals surface area contributed by atoms with Crippen LogP contribution in [0, 0.1) is 0 Å². The zero-order valence-corrected chi connectivity index (χ0v) is 33.8. The number of fused-ring (bicyclic) bond motifs is 2. The average molecular weight is 779 g/mol. The molecular formula is C42H56FN4O7P. The molecule has 2 aromatic carbocycles. The van der Waals surface area contributed by atoms with Crippen molar-refractivity contribution in [3.63, 3.8) is 0 Å². The zero-order valence-electron chi connectivity index (χ0n) is 32.9. The molecule has 11 nitrogen and oxygen atoms in total. The van der Waals surface area contributed by atoms with Gasteiger partial charge in [-0.25, -0.2) is 4.58 Å². The first-order valence-corrected chi connectivity index (χ1v) is 21.0. The lowest BCUT2D eigenvalue weighted by Crippen LogP contribution is -2.27. The Morgan fingerprint density at radius 2 is 1.49 bits per heavy atom. The first-order chi connectivity index (χ1) is 26.3. The van der Waals surface area contributed by atoms with Crippen LogP contribution in [0.1, 0.15) is 98.3 Å². The Balaban J connectivity index is 1.25. The van der Waals surface area contributed by atoms with Gasteiger partial charge in [0.25, 0.3) is 5.91 Å². The maximum Gasteiger partial charge on any atom is 0.367 e. The summed E-state index contributed by atoms with van der Waals surface area (Å²) in [4.78, 5) is 39.9. The summed E-state index contributed by atoms with van der Waals surface area (Å²) in [5.41, 5.74) is 3.51. The van der Waals surface area contributed by atoms with Crippen LogP contribution in [0.5, 0.6) is 0 Å². The number of hydrogen-bond acceptors (Lipinski definition) is 8. The fourth-order valence-corrected chi connectivity index (χ4v) is 7.68. The third kappa shape index (κ3) is 12.8. The van der Waals surface area contributed by atoms with Gasteiger partial charge in [0, 0.05) is 79.1 Å². The number of halogens is 1. The molecule has 0 saturated carbocycles. The summed E-state index contributed by atoms with van der Waals surface area (Å²) in [6.45, 7) is 2.73. The fraction of sp³-hybridized carbons (Fsp3) is 0.476. The van der Waals surface area contributed by atoms with Crippen LogP contribution < -0.4 is 30.6 Å². The monoisotopic (exact) mass is 778 g/mol. The predicted octanol–water partition coefficient (Wildman–Crippen LogP) is 7.00. The second-order valence-corrected chi connectivity index (χ2v) is 16.2. The lowest BCUT2D eigenvalue weighted by Gasteiger charge is -2.20. The van der Waals surface area contributed by atoms with Gasteiger partial charge in [-0.1, -0.05) is 38.2 Å². The summed E-state index contributed by atoms with van der Waals surface area (Å²) >= 11 is 0. The minimum Gasteiger partial charge on any atom is -0.545 e. The molecule has 4 rings (SSSR count). The number of rotatable bonds is 22. The second kappa shape index (κ2) is 20.9. The van der Waals surface area contributed by atoms with Crippen molar-refractivity contribution in [3.05, 3.63) is 71.1 Å². The van der Waals surface area contributed by atoms with Crippen molar-refractivity contribution in [2.45, 2.75) is 77.6 Å². The molecule has 2 aromatic rings. The molecule has 0 spiro atoms. The summed E-state index contributed by atoms with van der Waals surface area (Å²) < 4.78 is 38.0. The highest BCUT2D eigenvalue weighted by Crippen LogP contribution is 2.49. The molecule has 0 fully saturated rings. The van der Waals surface area contributed by atoms with E-state index in [1.54, 1.807) is 19.1 Å². The number of amides is 2. The van der Waals surface area contributed by atoms with E-state index in [4.69, 9.17) is 4.42 Å². The summed E-state index contributed by atoms with van der Waals surface area (Å²) in [6, 6.07) is 16.3. The number of nitrogens with zero attached hydrogens (tertiary/aromatic N) is 2. The molecule has 2 N–H and O–H groups in total. The largest absolute Gasteiger partial charge is 0.545 e. The van der Waals surface area contributed by atoms with E-state index in [0.717, 1.165) is 73.4 Å². The number of carboxylic acid groups (broad SMARTS) is 1. The summed E-state index contributed by atoms with van der Waals surface area (Å²) in [5.74, 6) is -1.14. The molecule has 0 radical (unpaired) electrons. The van der Waals surface area contributed by atoms with Crippen LogP contribution in [-0.4, -0.2) is 71.8 Å². The van der Waals surface area contributed by atoms with Crippen LogP contribution in [-0.2, 0) is 13.9 Å². The second-order valence-electron chi connectivity index (χ2n) is 14.3. The third-order valence-electron chi connectivity index (χ3n) is 9.60. The fourth-order valence-electron chi connectivity index (χ4n) is 6.56. The number of nitrogens with one attached hydrogen (secondary N) is 2. The smallest absolute Gasteiger partial charge is 0.367 e. The van der Waals surface area contributed by atoms with E-state index in [2.05, 4.69) is 15.2 Å². The minimum atomic E-state index is -3.92. The predicted molar refractivity (Wildman–Crippen MR) is 215 cm³/mol. The number of carboxylic acids is 1. The Labute approximate surface area is 323 Å². The van der Waals surface area contributed by atoms with E-state index in [-0.39, 0.29) is 35.7 Å². The molecule has 1 aliphatic heterocycles. The number of benzene rings is 3. The van der Waals surface area contributed by atoms with Gasteiger partial charge in [-0.15, -0.1) is 0 Å². The summed E-state index contributed by atoms with van der Waals surface area (Å²) in [7, 11) is 3.83. The zero-order chi connectivity index (χ0) is 40.0. The Hall–Kier alpha value is -4.54. The number of aromatic carboxylic acids is 1. The van der Waals surface area contributed by atoms with Crippen LogP contribution in [0.3, 0.4) is 0 Å². The summed E-state index contributed by atoms with van der Waals surface area (Å²) in [5, 5.41) is 20.1. The van der Waals surface area contributed by atoms with Crippen molar-refractivity contribution in [1.82, 2.24) is 15.2 Å². The Morgan fingerprint density at radius 3 is 2.16 bits per heavy atom. The van der Waals surface area contributed by atoms with Crippen molar-refractivity contribution in [1.29, 1.82) is 0 Å². The Kier molecular flexibility index (Phi) is 16.5. The van der Waals surface area contributed by atoms with Gasteiger partial charge in [0.1, 0.15) is 25.4 Å². The molecule has 1 aliphatic carbocycles. The normalized spacial score (nSPS) is 12.4. The molecule has 2 amide bonds. The molecule has 1 heterocycles. The van der Waals surface area contributed by atoms with Gasteiger partial charge in [0.2, 0.25) is 11.3 Å². The average Bonchev–Trinajstić information content (AvgIpc) is 3.14. The van der Waals surface area contributed by atoms with Gasteiger partial charge in [0.05, 0.1) is 24.8 Å². The van der Waals surface area contributed by atoms with Gasteiger partial charge in [-0.05, 0) is 74.9 Å². The highest BCUT2D eigenvalue weighted by Gasteiger charge is 2.22. The van der Waals surface area contributed by atoms with Gasteiger partial charge in [0.15, 0.2) is 0 Å². The highest BCUT2D eigenvalue weighted by atomic mass is 31.2. The Bertz CT molecular complexity index is 2020. The number of hydrogen-bond donors (Lipinski definition) is 2. The molecule has 298 valence electrons. The van der Waals surface area contributed by atoms with E-state index in [1.165, 1.54) is 6.07 Å². The first-order valence-electron chi connectivity index (χ1n) is 19.3. The lowest BCUT2D eigenvalue weighted by atomic mass is 9.89. The van der Waals surface area contributed by atoms with Crippen LogP contribution in [0.4, 0.5) is 9.88 Å². The van der Waals surface area contributed by atoms with Gasteiger partial charge in [-0.3, -0.25) is 14.2 Å². The van der Waals surface area contributed by atoms with Gasteiger partial charge >= 0.3 is 7.68 Å². The van der Waals surface area contributed by atoms with Crippen LogP contribution >= 0.6 is 7.68 Å². The highest BCUT2D eigenvalue weighted by molar-refractivity contribution is 7.53. The number of anilines is 1. The van der Waals surface area contributed by atoms with Crippen molar-refractivity contribution >= 4 is 42.1 Å². The van der Waals surface area contributed by atoms with E-state index < -0.39 is 13.6 Å². The molecule has 0 aromatic heterocycles. The van der Waals surface area contributed by atoms with E-state index in [9.17, 15) is 28.3 Å². The molecule has 0 saturated heterocycles. The number of carbonyl (C=O) groups is 3. The van der Waals surface area contributed by atoms with Gasteiger partial charge < -0.3 is 34.4 Å². The lowest BCUT2D eigenvalue weighted by molar-refractivity contribution is -0.254. The minimum absolute atomic E-state index is 0.0156. The molecule has 13 heteroatoms. The quantitative estimate of drug-likeness (QED) is 0.0376. The number of carbonyl (C=O) groups excluding carboxylic acids is 3. The van der Waals surface area contributed by atoms with Crippen LogP contribution in [0.15, 0.2) is 59.0 Å². The standard InChI is InChI=1S/C42H56FN4O7P/c1-6-53-55(43,52)26-16-11-9-7-8-10-13-17-39(48)44-24-14-12-15-25-45-41(49)30-18-21-33(36(27-30)42(50)51)40-34-22-19-31(46(2)3)28-37(34)54-38-29-32(47(4)5)20-23-35(38)40/h18-23,27-29H,6-17,24-26H2,1-5H3,(H2-,44,45,48,49,50,51). The molecule has 1 atom stereocenters. The number of unbranched alkanes of at least 4 members (excludes halogenated alkanes) is 8. The maximum absolute atomic E-state index is 13.5. The SMILES string of the molecule is CCOP(=O)(F)CCCCCCCCCC(=O)NCCCCCNC(=O)c1ccc(-c2c3ccc(=[N+](C)C)cc-3oc3cc(N(C)C)ccc23)c(C(=O)[O-])c1. The molecule has 55 heavy (non-hydrogen) atoms. The van der Waals surface area contributed by atoms with Crippen molar-refractivity contribution in [2.24, 2.45) is 0 Å². The molecular weight excluding hydrogens is 722 g/mol. The van der Waals surface area contributed by atoms with E-state index in [0.29, 0.717) is 54.8 Å². The van der Waals surface area contributed by atoms with Crippen molar-refractivity contribution in [2.75, 3.05) is 58.9 Å². The molecule has 2 aliphatic rings. The first kappa shape index (κ1) is 43.2. The van der Waals surface area contributed by atoms with E-state index >= 15 is 0 Å². The van der Waals surface area contributed by atoms with Crippen LogP contribution in [0.2, 0.25) is 0 Å². The third-order valence-corrected chi connectivity index (χ3v) is 11.1. The van der Waals surface area contributed by atoms with Crippen LogP contribution in [0.25, 0.3) is 33.4 Å². The van der Waals surface area contributed by atoms with Crippen molar-refractivity contribution < 1.29 is 37.2 Å². The summed E-state index contributed by atoms with van der Waals surface area (Å²) in [6.07, 6.45) is 8.84. The molecule has 1 unspecified atom stereocenters. The maximum atomic E-state index is 13.5. The van der Waals surface area contributed by atoms with E-state index in [1.807, 2.05) is 74.1 Å². The topological polar surface area (TPSA) is 144 Å². The van der Waals surface area contributed by atoms with Gasteiger partial charge in [-0.2, -0.15) is 4.20 Å². The molecule has 0 bridgehead atoms. The Morgan fingerprint density at radius 1 is 0.836 bits per heavy atom.